The van der Waals surface area contributed by atoms with Crippen LogP contribution in [0, 0.1) is 0 Å². The molecule has 124 valence electrons. The van der Waals surface area contributed by atoms with Crippen LogP contribution in [0.3, 0.4) is 0 Å². The normalized spacial score (nSPS) is 18.8. The molecule has 1 spiro atoms. The number of hydrogen-bond acceptors (Lipinski definition) is 3. The highest BCUT2D eigenvalue weighted by Gasteiger charge is 2.55. The second-order valence-corrected chi connectivity index (χ2v) is 6.46. The zero-order valence-electron chi connectivity index (χ0n) is 11.8. The zero-order valence-corrected chi connectivity index (χ0v) is 13.4. The number of nitrogens with zero attached hydrogens (tertiary/aromatic N) is 1. The number of benzene rings is 1. The molecule has 9 heteroatoms. The van der Waals surface area contributed by atoms with Gasteiger partial charge in [0.25, 0.3) is 0 Å². The summed E-state index contributed by atoms with van der Waals surface area (Å²) >= 11 is 3.42. The van der Waals surface area contributed by atoms with Crippen LogP contribution in [-0.4, -0.2) is 44.2 Å². The number of halogens is 4. The van der Waals surface area contributed by atoms with E-state index in [-0.39, 0.29) is 5.91 Å². The molecule has 0 aromatic heterocycles. The van der Waals surface area contributed by atoms with Gasteiger partial charge in [-0.1, -0.05) is 22.0 Å². The highest BCUT2D eigenvalue weighted by molar-refractivity contribution is 9.10. The third-order valence-electron chi connectivity index (χ3n) is 4.06. The van der Waals surface area contributed by atoms with E-state index in [1.54, 1.807) is 23.5 Å². The summed E-state index contributed by atoms with van der Waals surface area (Å²) in [4.78, 5) is 25.7. The fraction of sp³-hybridized carbons (Fsp3) is 0.429. The van der Waals surface area contributed by atoms with E-state index in [1.165, 1.54) is 4.90 Å². The van der Waals surface area contributed by atoms with Crippen LogP contribution in [0.1, 0.15) is 5.56 Å². The van der Waals surface area contributed by atoms with Gasteiger partial charge in [0.1, 0.15) is 18.5 Å². The van der Waals surface area contributed by atoms with Gasteiger partial charge in [-0.2, -0.15) is 13.2 Å². The van der Waals surface area contributed by atoms with Crippen molar-refractivity contribution in [2.24, 2.45) is 0 Å². The van der Waals surface area contributed by atoms with Gasteiger partial charge in [0.05, 0.1) is 0 Å². The number of alkyl halides is 3. The lowest BCUT2D eigenvalue weighted by Crippen LogP contribution is -2.62. The Morgan fingerprint density at radius 2 is 2.09 bits per heavy atom. The number of amides is 2. The highest BCUT2D eigenvalue weighted by Crippen LogP contribution is 2.47. The van der Waals surface area contributed by atoms with E-state index >= 15 is 0 Å². The van der Waals surface area contributed by atoms with Gasteiger partial charge in [0.2, 0.25) is 11.8 Å². The standard InChI is InChI=1S/C14H13BrF3N3O2/c15-8-2-1-3-9-11(8)13(5-19-6-13)12(23)21(9)4-10(22)20-7-14(16,17)18/h1-3,19H,4-7H2,(H,20,22). The van der Waals surface area contributed by atoms with Crippen LogP contribution in [0.15, 0.2) is 22.7 Å². The van der Waals surface area contributed by atoms with Crippen molar-refractivity contribution in [3.63, 3.8) is 0 Å². The van der Waals surface area contributed by atoms with Crippen molar-refractivity contribution in [3.05, 3.63) is 28.2 Å². The molecule has 2 aliphatic heterocycles. The van der Waals surface area contributed by atoms with E-state index in [4.69, 9.17) is 0 Å². The lowest BCUT2D eigenvalue weighted by Gasteiger charge is -2.38. The van der Waals surface area contributed by atoms with E-state index < -0.39 is 30.6 Å². The molecule has 0 atom stereocenters. The number of hydrogen-bond donors (Lipinski definition) is 2. The minimum atomic E-state index is -4.48. The van der Waals surface area contributed by atoms with E-state index in [9.17, 15) is 22.8 Å². The average Bonchev–Trinajstić information content (AvgIpc) is 2.67. The summed E-state index contributed by atoms with van der Waals surface area (Å²) in [6.07, 6.45) is -4.48. The molecule has 1 aromatic rings. The Kier molecular flexibility index (Phi) is 3.88. The van der Waals surface area contributed by atoms with E-state index in [2.05, 4.69) is 21.2 Å². The van der Waals surface area contributed by atoms with Crippen molar-refractivity contribution in [1.29, 1.82) is 0 Å². The van der Waals surface area contributed by atoms with E-state index in [0.717, 1.165) is 10.0 Å². The smallest absolute Gasteiger partial charge is 0.345 e. The summed E-state index contributed by atoms with van der Waals surface area (Å²) in [6, 6.07) is 5.23. The molecule has 0 aliphatic carbocycles. The minimum absolute atomic E-state index is 0.264. The van der Waals surface area contributed by atoms with Gasteiger partial charge in [0, 0.05) is 28.8 Å². The molecule has 2 heterocycles. The molecule has 1 aromatic carbocycles. The number of anilines is 1. The van der Waals surface area contributed by atoms with E-state index in [1.807, 2.05) is 0 Å². The van der Waals surface area contributed by atoms with Gasteiger partial charge in [-0.05, 0) is 12.1 Å². The minimum Gasteiger partial charge on any atom is -0.345 e. The van der Waals surface area contributed by atoms with Crippen LogP contribution >= 0.6 is 15.9 Å². The molecule has 0 bridgehead atoms. The summed E-state index contributed by atoms with van der Waals surface area (Å²) in [5.41, 5.74) is 0.611. The molecule has 3 rings (SSSR count). The third kappa shape index (κ3) is 2.72. The van der Waals surface area contributed by atoms with Crippen molar-refractivity contribution < 1.29 is 22.8 Å². The number of fused-ring (bicyclic) bond motifs is 2. The van der Waals surface area contributed by atoms with Crippen molar-refractivity contribution in [1.82, 2.24) is 10.6 Å². The predicted octanol–water partition coefficient (Wildman–Crippen LogP) is 1.32. The molecule has 23 heavy (non-hydrogen) atoms. The maximum Gasteiger partial charge on any atom is 0.405 e. The first kappa shape index (κ1) is 16.3. The van der Waals surface area contributed by atoms with Gasteiger partial charge in [-0.25, -0.2) is 0 Å². The molecule has 2 aliphatic rings. The monoisotopic (exact) mass is 391 g/mol. The lowest BCUT2D eigenvalue weighted by atomic mass is 9.76. The highest BCUT2D eigenvalue weighted by atomic mass is 79.9. The first-order chi connectivity index (χ1) is 10.7. The topological polar surface area (TPSA) is 61.4 Å². The van der Waals surface area contributed by atoms with Crippen molar-refractivity contribution in [2.75, 3.05) is 31.1 Å². The molecule has 0 saturated carbocycles. The lowest BCUT2D eigenvalue weighted by molar-refractivity contribution is -0.138. The zero-order chi connectivity index (χ0) is 16.8. The van der Waals surface area contributed by atoms with Crippen LogP contribution in [0.4, 0.5) is 18.9 Å². The number of rotatable bonds is 3. The van der Waals surface area contributed by atoms with Crippen LogP contribution in [0.5, 0.6) is 0 Å². The van der Waals surface area contributed by atoms with Crippen LogP contribution in [0.2, 0.25) is 0 Å². The predicted molar refractivity (Wildman–Crippen MR) is 80.1 cm³/mol. The fourth-order valence-electron chi connectivity index (χ4n) is 2.94. The first-order valence-electron chi connectivity index (χ1n) is 6.90. The number of carbonyl (C=O) groups is 2. The Bertz CT molecular complexity index is 674. The molecule has 1 saturated heterocycles. The molecule has 5 nitrogen and oxygen atoms in total. The quantitative estimate of drug-likeness (QED) is 0.816. The van der Waals surface area contributed by atoms with Gasteiger partial charge in [-0.15, -0.1) is 0 Å². The third-order valence-corrected chi connectivity index (χ3v) is 4.72. The summed E-state index contributed by atoms with van der Waals surface area (Å²) in [5, 5.41) is 4.84. The SMILES string of the molecule is O=C(CN1C(=O)C2(CNC2)c2c(Br)cccc21)NCC(F)(F)F. The summed E-state index contributed by atoms with van der Waals surface area (Å²) in [6.45, 7) is -0.948. The Morgan fingerprint density at radius 1 is 1.39 bits per heavy atom. The number of nitrogens with one attached hydrogen (secondary N) is 2. The van der Waals surface area contributed by atoms with Gasteiger partial charge >= 0.3 is 6.18 Å². The molecular formula is C14H13BrF3N3O2. The average molecular weight is 392 g/mol. The van der Waals surface area contributed by atoms with Crippen LogP contribution < -0.4 is 15.5 Å². The largest absolute Gasteiger partial charge is 0.405 e. The molecule has 0 radical (unpaired) electrons. The van der Waals surface area contributed by atoms with Crippen LogP contribution in [0.25, 0.3) is 0 Å². The number of carbonyl (C=O) groups excluding carboxylic acids is 2. The van der Waals surface area contributed by atoms with Gasteiger partial charge in [-0.3, -0.25) is 9.59 Å². The van der Waals surface area contributed by atoms with Crippen molar-refractivity contribution in [3.8, 4) is 0 Å². The summed E-state index contributed by atoms with van der Waals surface area (Å²) < 4.78 is 37.3. The molecular weight excluding hydrogens is 379 g/mol. The van der Waals surface area contributed by atoms with Gasteiger partial charge in [0.15, 0.2) is 0 Å². The Labute approximate surface area is 138 Å². The molecule has 1 fully saturated rings. The maximum atomic E-state index is 12.7. The van der Waals surface area contributed by atoms with Gasteiger partial charge < -0.3 is 15.5 Å². The maximum absolute atomic E-state index is 12.7. The summed E-state index contributed by atoms with van der Waals surface area (Å²) in [7, 11) is 0. The summed E-state index contributed by atoms with van der Waals surface area (Å²) in [5.74, 6) is -1.11. The van der Waals surface area contributed by atoms with Crippen LogP contribution in [-0.2, 0) is 15.0 Å². The Morgan fingerprint density at radius 3 is 2.65 bits per heavy atom. The molecule has 0 unspecified atom stereocenters. The second-order valence-electron chi connectivity index (χ2n) is 5.60. The van der Waals surface area contributed by atoms with Crippen molar-refractivity contribution >= 4 is 33.4 Å². The Hall–Kier alpha value is -1.61. The Balaban J connectivity index is 1.83. The second kappa shape index (κ2) is 5.48. The van der Waals surface area contributed by atoms with E-state index in [0.29, 0.717) is 18.8 Å². The first-order valence-corrected chi connectivity index (χ1v) is 7.69. The van der Waals surface area contributed by atoms with Crippen molar-refractivity contribution in [2.45, 2.75) is 11.6 Å². The molecule has 2 amide bonds. The molecule has 2 N–H and O–H groups in total. The fourth-order valence-corrected chi connectivity index (χ4v) is 3.68.